The number of nitrogens with one attached hydrogen (secondary N) is 2. The maximum Gasteiger partial charge on any atom is 0.119 e. The standard InChI is InChI=1S/C29H30Cl2N6O2/c1-36(17-37(2)18-39-16-34-25-10-11-32-27-12-19(30)4-7-22(25)27)15-33-29-23-8-5-20(31)13-28(23)35-26-9-6-21(38-3)14-24(26)29/h4-14H,15-18H2,1-3H3,(H,32,34)(H,33,35). The molecule has 0 spiro atoms. The van der Waals surface area contributed by atoms with Crippen molar-refractivity contribution in [2.24, 2.45) is 0 Å². The van der Waals surface area contributed by atoms with Gasteiger partial charge in [0.25, 0.3) is 0 Å². The molecular weight excluding hydrogens is 535 g/mol. The Labute approximate surface area is 237 Å². The van der Waals surface area contributed by atoms with E-state index in [0.717, 1.165) is 49.8 Å². The molecule has 2 aromatic heterocycles. The average Bonchev–Trinajstić information content (AvgIpc) is 2.92. The van der Waals surface area contributed by atoms with Gasteiger partial charge in [-0.05, 0) is 74.8 Å². The van der Waals surface area contributed by atoms with Crippen LogP contribution in [0.5, 0.6) is 5.75 Å². The van der Waals surface area contributed by atoms with Crippen LogP contribution in [0.4, 0.5) is 11.4 Å². The molecule has 0 saturated carbocycles. The van der Waals surface area contributed by atoms with Crippen molar-refractivity contribution in [2.75, 3.05) is 58.6 Å². The minimum Gasteiger partial charge on any atom is -0.497 e. The van der Waals surface area contributed by atoms with Crippen LogP contribution >= 0.6 is 23.2 Å². The van der Waals surface area contributed by atoms with Crippen molar-refractivity contribution in [1.29, 1.82) is 0 Å². The van der Waals surface area contributed by atoms with E-state index < -0.39 is 0 Å². The highest BCUT2D eigenvalue weighted by atomic mass is 35.5. The summed E-state index contributed by atoms with van der Waals surface area (Å²) in [6, 6.07) is 19.3. The molecule has 0 radical (unpaired) electrons. The Hall–Kier alpha value is -3.40. The molecule has 0 fully saturated rings. The molecule has 3 aromatic carbocycles. The third-order valence-electron chi connectivity index (χ3n) is 6.33. The predicted molar refractivity (Wildman–Crippen MR) is 161 cm³/mol. The quantitative estimate of drug-likeness (QED) is 0.107. The molecule has 2 heterocycles. The summed E-state index contributed by atoms with van der Waals surface area (Å²) in [5.41, 5.74) is 4.50. The van der Waals surface area contributed by atoms with E-state index in [-0.39, 0.29) is 0 Å². The summed E-state index contributed by atoms with van der Waals surface area (Å²) in [6.45, 7) is 2.14. The number of rotatable bonds is 11. The zero-order valence-corrected chi connectivity index (χ0v) is 23.6. The molecule has 39 heavy (non-hydrogen) atoms. The molecule has 202 valence electrons. The molecule has 0 unspecified atom stereocenters. The monoisotopic (exact) mass is 564 g/mol. The Balaban J connectivity index is 1.18. The number of aromatic nitrogens is 2. The van der Waals surface area contributed by atoms with E-state index in [0.29, 0.717) is 36.8 Å². The highest BCUT2D eigenvalue weighted by Gasteiger charge is 2.12. The van der Waals surface area contributed by atoms with Crippen LogP contribution < -0.4 is 15.4 Å². The lowest BCUT2D eigenvalue weighted by molar-refractivity contribution is 0.0281. The Bertz CT molecular complexity index is 1620. The van der Waals surface area contributed by atoms with E-state index in [1.54, 1.807) is 13.3 Å². The summed E-state index contributed by atoms with van der Waals surface area (Å²) in [7, 11) is 5.74. The molecule has 2 N–H and O–H groups in total. The lowest BCUT2D eigenvalue weighted by Gasteiger charge is -2.25. The van der Waals surface area contributed by atoms with Crippen molar-refractivity contribution in [2.45, 2.75) is 0 Å². The molecule has 0 amide bonds. The molecule has 5 rings (SSSR count). The second-order valence-electron chi connectivity index (χ2n) is 9.39. The van der Waals surface area contributed by atoms with E-state index in [2.05, 4.69) is 32.5 Å². The molecule has 8 nitrogen and oxygen atoms in total. The highest BCUT2D eigenvalue weighted by Crippen LogP contribution is 2.34. The Morgan fingerprint density at radius 2 is 1.56 bits per heavy atom. The van der Waals surface area contributed by atoms with Crippen molar-refractivity contribution in [3.63, 3.8) is 0 Å². The zero-order chi connectivity index (χ0) is 27.4. The number of anilines is 2. The number of pyridine rings is 2. The lowest BCUT2D eigenvalue weighted by Crippen LogP contribution is -2.37. The Kier molecular flexibility index (Phi) is 8.50. The molecule has 10 heteroatoms. The number of ether oxygens (including phenoxy) is 2. The van der Waals surface area contributed by atoms with Gasteiger partial charge in [0.05, 0.1) is 42.7 Å². The first-order valence-electron chi connectivity index (χ1n) is 12.4. The molecular formula is C29H30Cl2N6O2. The van der Waals surface area contributed by atoms with Crippen molar-refractivity contribution in [3.05, 3.63) is 76.9 Å². The van der Waals surface area contributed by atoms with Gasteiger partial charge < -0.3 is 20.1 Å². The van der Waals surface area contributed by atoms with E-state index in [1.165, 1.54) is 0 Å². The number of hydrogen-bond acceptors (Lipinski definition) is 8. The van der Waals surface area contributed by atoms with Gasteiger partial charge in [-0.15, -0.1) is 0 Å². The first-order valence-corrected chi connectivity index (χ1v) is 13.2. The fraction of sp³-hybridized carbons (Fsp3) is 0.241. The van der Waals surface area contributed by atoms with Gasteiger partial charge in [-0.1, -0.05) is 23.2 Å². The summed E-state index contributed by atoms with van der Waals surface area (Å²) < 4.78 is 11.3. The third kappa shape index (κ3) is 6.43. The van der Waals surface area contributed by atoms with Crippen LogP contribution in [0, 0.1) is 0 Å². The van der Waals surface area contributed by atoms with Crippen LogP contribution in [0.15, 0.2) is 66.9 Å². The summed E-state index contributed by atoms with van der Waals surface area (Å²) in [5.74, 6) is 0.781. The van der Waals surface area contributed by atoms with Gasteiger partial charge in [-0.3, -0.25) is 14.8 Å². The summed E-state index contributed by atoms with van der Waals surface area (Å²) in [6.07, 6.45) is 1.76. The fourth-order valence-electron chi connectivity index (χ4n) is 4.54. The smallest absolute Gasteiger partial charge is 0.119 e. The van der Waals surface area contributed by atoms with Crippen molar-refractivity contribution in [1.82, 2.24) is 19.8 Å². The van der Waals surface area contributed by atoms with E-state index in [1.807, 2.05) is 67.7 Å². The maximum absolute atomic E-state index is 6.25. The van der Waals surface area contributed by atoms with Crippen molar-refractivity contribution < 1.29 is 9.47 Å². The van der Waals surface area contributed by atoms with Gasteiger partial charge in [0.1, 0.15) is 19.2 Å². The number of fused-ring (bicyclic) bond motifs is 3. The second-order valence-corrected chi connectivity index (χ2v) is 10.3. The first-order chi connectivity index (χ1) is 18.9. The van der Waals surface area contributed by atoms with Crippen LogP contribution in [0.25, 0.3) is 32.7 Å². The molecule has 0 saturated heterocycles. The van der Waals surface area contributed by atoms with Gasteiger partial charge in [-0.2, -0.15) is 0 Å². The van der Waals surface area contributed by atoms with Crippen molar-refractivity contribution in [3.8, 4) is 5.75 Å². The first kappa shape index (κ1) is 27.2. The van der Waals surface area contributed by atoms with Crippen LogP contribution in [0.1, 0.15) is 0 Å². The van der Waals surface area contributed by atoms with Gasteiger partial charge in [0.15, 0.2) is 0 Å². The topological polar surface area (TPSA) is 74.8 Å². The molecule has 0 bridgehead atoms. The van der Waals surface area contributed by atoms with Gasteiger partial charge in [0, 0.05) is 38.1 Å². The Morgan fingerprint density at radius 1 is 0.795 bits per heavy atom. The molecule has 0 aliphatic rings. The largest absolute Gasteiger partial charge is 0.497 e. The van der Waals surface area contributed by atoms with Gasteiger partial charge in [-0.25, -0.2) is 4.98 Å². The summed E-state index contributed by atoms with van der Waals surface area (Å²) in [4.78, 5) is 13.4. The number of hydrogen-bond donors (Lipinski definition) is 2. The van der Waals surface area contributed by atoms with E-state index in [4.69, 9.17) is 37.7 Å². The van der Waals surface area contributed by atoms with Crippen LogP contribution in [0.2, 0.25) is 10.0 Å². The number of methoxy groups -OCH3 is 1. The SMILES string of the molecule is COc1ccc2nc3cc(Cl)ccc3c(NCN(C)CN(C)COCNc3ccnc4cc(Cl)ccc34)c2c1. The minimum absolute atomic E-state index is 0.368. The zero-order valence-electron chi connectivity index (χ0n) is 22.0. The van der Waals surface area contributed by atoms with Crippen LogP contribution in [-0.4, -0.2) is 67.8 Å². The fourth-order valence-corrected chi connectivity index (χ4v) is 4.87. The third-order valence-corrected chi connectivity index (χ3v) is 6.80. The number of nitrogens with zero attached hydrogens (tertiary/aromatic N) is 4. The lowest BCUT2D eigenvalue weighted by atomic mass is 10.1. The predicted octanol–water partition coefficient (Wildman–Crippen LogP) is 6.49. The normalized spacial score (nSPS) is 11.7. The van der Waals surface area contributed by atoms with Crippen LogP contribution in [-0.2, 0) is 4.74 Å². The highest BCUT2D eigenvalue weighted by molar-refractivity contribution is 6.31. The molecule has 0 atom stereocenters. The van der Waals surface area contributed by atoms with E-state index in [9.17, 15) is 0 Å². The molecule has 0 aliphatic carbocycles. The minimum atomic E-state index is 0.368. The van der Waals surface area contributed by atoms with Crippen LogP contribution in [0.3, 0.4) is 0 Å². The van der Waals surface area contributed by atoms with Crippen molar-refractivity contribution >= 4 is 67.3 Å². The average molecular weight is 566 g/mol. The van der Waals surface area contributed by atoms with Gasteiger partial charge in [0.2, 0.25) is 0 Å². The van der Waals surface area contributed by atoms with Gasteiger partial charge >= 0.3 is 0 Å². The number of halogens is 2. The molecule has 0 aliphatic heterocycles. The Morgan fingerprint density at radius 3 is 2.36 bits per heavy atom. The second kappa shape index (κ2) is 12.2. The summed E-state index contributed by atoms with van der Waals surface area (Å²) >= 11 is 12.3. The van der Waals surface area contributed by atoms with E-state index >= 15 is 0 Å². The molecule has 5 aromatic rings. The number of benzene rings is 3. The maximum atomic E-state index is 6.25. The summed E-state index contributed by atoms with van der Waals surface area (Å²) in [5, 5.41) is 11.3.